The molecule has 0 radical (unpaired) electrons. The van der Waals surface area contributed by atoms with E-state index >= 15 is 0 Å². The topological polar surface area (TPSA) is 47.9 Å². The second-order valence-electron chi connectivity index (χ2n) is 8.98. The Balaban J connectivity index is 1.66. The normalized spacial score (nSPS) is 20.9. The van der Waals surface area contributed by atoms with E-state index in [1.165, 1.54) is 51.4 Å². The van der Waals surface area contributed by atoms with Gasteiger partial charge in [-0.05, 0) is 25.8 Å². The molecule has 1 aliphatic rings. The monoisotopic (exact) mass is 430 g/mol. The standard InChI is InChI=1S/C27H42O4/c1-4-5-6-7-8-9-10-11-12-13-17-20-24(28)26-25(30-27(2,3)31-26)22-29-21-23-18-15-14-16-19-23/h14-16,18-19,24-26,28H,4-13,21-22H2,1-3H3/t24-,25+,26-/m1/s1. The quantitative estimate of drug-likeness (QED) is 0.290. The third-order valence-corrected chi connectivity index (χ3v) is 5.58. The number of benzene rings is 1. The van der Waals surface area contributed by atoms with Gasteiger partial charge in [0.05, 0.1) is 13.2 Å². The third kappa shape index (κ3) is 10.7. The van der Waals surface area contributed by atoms with E-state index in [9.17, 15) is 5.11 Å². The number of hydrogen-bond donors (Lipinski definition) is 1. The zero-order valence-electron chi connectivity index (χ0n) is 19.8. The molecule has 0 aliphatic carbocycles. The SMILES string of the molecule is CCCCCCCCCCCC#C[C@@H](O)[C@H]1OC(C)(C)O[C@H]1COCc1ccccc1. The van der Waals surface area contributed by atoms with Crippen LogP contribution in [-0.2, 0) is 20.8 Å². The van der Waals surface area contributed by atoms with Gasteiger partial charge in [-0.25, -0.2) is 0 Å². The highest BCUT2D eigenvalue weighted by molar-refractivity contribution is 5.13. The minimum atomic E-state index is -0.870. The summed E-state index contributed by atoms with van der Waals surface area (Å²) in [7, 11) is 0. The molecule has 4 heteroatoms. The lowest BCUT2D eigenvalue weighted by Gasteiger charge is -2.18. The average molecular weight is 431 g/mol. The van der Waals surface area contributed by atoms with Crippen LogP contribution in [0.4, 0.5) is 0 Å². The van der Waals surface area contributed by atoms with Crippen LogP contribution in [-0.4, -0.2) is 35.8 Å². The molecule has 4 nitrogen and oxygen atoms in total. The van der Waals surface area contributed by atoms with E-state index in [4.69, 9.17) is 14.2 Å². The van der Waals surface area contributed by atoms with Gasteiger partial charge in [0, 0.05) is 6.42 Å². The zero-order valence-corrected chi connectivity index (χ0v) is 19.8. The lowest BCUT2D eigenvalue weighted by atomic mass is 10.1. The molecule has 1 aliphatic heterocycles. The maximum absolute atomic E-state index is 10.6. The van der Waals surface area contributed by atoms with Crippen LogP contribution in [0.15, 0.2) is 30.3 Å². The Labute approximate surface area is 189 Å². The van der Waals surface area contributed by atoms with Crippen LogP contribution in [0.3, 0.4) is 0 Å². The molecule has 1 aromatic carbocycles. The van der Waals surface area contributed by atoms with Crippen LogP contribution < -0.4 is 0 Å². The van der Waals surface area contributed by atoms with Crippen LogP contribution >= 0.6 is 0 Å². The van der Waals surface area contributed by atoms with Gasteiger partial charge in [-0.2, -0.15) is 0 Å². The van der Waals surface area contributed by atoms with Crippen molar-refractivity contribution in [2.75, 3.05) is 6.61 Å². The van der Waals surface area contributed by atoms with E-state index < -0.39 is 18.0 Å². The molecule has 1 N–H and O–H groups in total. The molecule has 1 saturated heterocycles. The Hall–Kier alpha value is -1.38. The van der Waals surface area contributed by atoms with Gasteiger partial charge in [0.2, 0.25) is 0 Å². The third-order valence-electron chi connectivity index (χ3n) is 5.58. The second-order valence-corrected chi connectivity index (χ2v) is 8.98. The predicted octanol–water partition coefficient (Wildman–Crippen LogP) is 6.01. The van der Waals surface area contributed by atoms with Gasteiger partial charge in [0.25, 0.3) is 0 Å². The molecule has 0 saturated carbocycles. The molecule has 1 heterocycles. The van der Waals surface area contributed by atoms with Crippen molar-refractivity contribution in [3.8, 4) is 11.8 Å². The number of aliphatic hydroxyl groups is 1. The highest BCUT2D eigenvalue weighted by atomic mass is 16.8. The van der Waals surface area contributed by atoms with Gasteiger partial charge < -0.3 is 19.3 Å². The van der Waals surface area contributed by atoms with Crippen molar-refractivity contribution in [1.29, 1.82) is 0 Å². The lowest BCUT2D eigenvalue weighted by Crippen LogP contribution is -2.37. The Morgan fingerprint density at radius 3 is 2.29 bits per heavy atom. The van der Waals surface area contributed by atoms with Gasteiger partial charge >= 0.3 is 0 Å². The number of rotatable bonds is 14. The predicted molar refractivity (Wildman–Crippen MR) is 126 cm³/mol. The van der Waals surface area contributed by atoms with Gasteiger partial charge in [0.15, 0.2) is 5.79 Å². The molecule has 1 aromatic rings. The van der Waals surface area contributed by atoms with Gasteiger partial charge in [-0.15, -0.1) is 5.92 Å². The molecule has 3 atom stereocenters. The Kier molecular flexibility index (Phi) is 12.2. The van der Waals surface area contributed by atoms with Crippen LogP contribution in [0.5, 0.6) is 0 Å². The summed E-state index contributed by atoms with van der Waals surface area (Å²) < 4.78 is 17.7. The summed E-state index contributed by atoms with van der Waals surface area (Å²) in [6.45, 7) is 6.85. The van der Waals surface area contributed by atoms with Crippen LogP contribution in [0.1, 0.15) is 90.5 Å². The van der Waals surface area contributed by atoms with E-state index in [-0.39, 0.29) is 6.10 Å². The summed E-state index contributed by atoms with van der Waals surface area (Å²) in [5.41, 5.74) is 1.11. The summed E-state index contributed by atoms with van der Waals surface area (Å²) >= 11 is 0. The number of aliphatic hydroxyl groups excluding tert-OH is 1. The number of ether oxygens (including phenoxy) is 3. The second kappa shape index (κ2) is 14.6. The fourth-order valence-corrected chi connectivity index (χ4v) is 3.91. The van der Waals surface area contributed by atoms with Crippen molar-refractivity contribution < 1.29 is 19.3 Å². The summed E-state index contributed by atoms with van der Waals surface area (Å²) in [4.78, 5) is 0. The zero-order chi connectivity index (χ0) is 22.4. The maximum Gasteiger partial charge on any atom is 0.164 e. The van der Waals surface area contributed by atoms with Crippen molar-refractivity contribution in [3.63, 3.8) is 0 Å². The molecule has 174 valence electrons. The molecule has 0 unspecified atom stereocenters. The molecule has 0 spiro atoms. The fraction of sp³-hybridized carbons (Fsp3) is 0.704. The largest absolute Gasteiger partial charge is 0.378 e. The molecule has 0 amide bonds. The van der Waals surface area contributed by atoms with Gasteiger partial charge in [-0.1, -0.05) is 94.5 Å². The number of unbranched alkanes of at least 4 members (excludes halogenated alkanes) is 9. The van der Waals surface area contributed by atoms with Crippen molar-refractivity contribution in [3.05, 3.63) is 35.9 Å². The summed E-state index contributed by atoms with van der Waals surface area (Å²) in [5, 5.41) is 10.6. The first-order chi connectivity index (χ1) is 15.0. The van der Waals surface area contributed by atoms with Crippen molar-refractivity contribution in [2.45, 2.75) is 116 Å². The van der Waals surface area contributed by atoms with Gasteiger partial charge in [0.1, 0.15) is 18.3 Å². The average Bonchev–Trinajstić information content (AvgIpc) is 3.07. The van der Waals surface area contributed by atoms with E-state index in [1.807, 2.05) is 44.2 Å². The molecule has 2 rings (SSSR count). The molecule has 0 bridgehead atoms. The highest BCUT2D eigenvalue weighted by Crippen LogP contribution is 2.30. The van der Waals surface area contributed by atoms with Crippen molar-refractivity contribution in [2.24, 2.45) is 0 Å². The van der Waals surface area contributed by atoms with Crippen LogP contribution in [0.25, 0.3) is 0 Å². The molecule has 1 fully saturated rings. The molecule has 31 heavy (non-hydrogen) atoms. The van der Waals surface area contributed by atoms with E-state index in [1.54, 1.807) is 0 Å². The van der Waals surface area contributed by atoms with Gasteiger partial charge in [-0.3, -0.25) is 0 Å². The summed E-state index contributed by atoms with van der Waals surface area (Å²) in [6.07, 6.45) is 10.8. The van der Waals surface area contributed by atoms with E-state index in [2.05, 4.69) is 18.8 Å². The first-order valence-electron chi connectivity index (χ1n) is 12.2. The smallest absolute Gasteiger partial charge is 0.164 e. The molecular weight excluding hydrogens is 388 g/mol. The van der Waals surface area contributed by atoms with E-state index in [0.29, 0.717) is 13.2 Å². The van der Waals surface area contributed by atoms with Crippen molar-refractivity contribution >= 4 is 0 Å². The minimum Gasteiger partial charge on any atom is -0.378 e. The van der Waals surface area contributed by atoms with Crippen molar-refractivity contribution in [1.82, 2.24) is 0 Å². The Morgan fingerprint density at radius 2 is 1.61 bits per heavy atom. The van der Waals surface area contributed by atoms with Crippen LogP contribution in [0, 0.1) is 11.8 Å². The fourth-order valence-electron chi connectivity index (χ4n) is 3.91. The molecule has 0 aromatic heterocycles. The highest BCUT2D eigenvalue weighted by Gasteiger charge is 2.44. The number of hydrogen-bond acceptors (Lipinski definition) is 4. The minimum absolute atomic E-state index is 0.337. The first kappa shape index (κ1) is 25.9. The summed E-state index contributed by atoms with van der Waals surface area (Å²) in [5.74, 6) is 5.36. The first-order valence-corrected chi connectivity index (χ1v) is 12.2. The Morgan fingerprint density at radius 1 is 0.968 bits per heavy atom. The lowest BCUT2D eigenvalue weighted by molar-refractivity contribution is -0.155. The maximum atomic E-state index is 10.6. The van der Waals surface area contributed by atoms with E-state index in [0.717, 1.165) is 18.4 Å². The van der Waals surface area contributed by atoms with Crippen LogP contribution in [0.2, 0.25) is 0 Å². The summed E-state index contributed by atoms with van der Waals surface area (Å²) in [6, 6.07) is 10.0. The molecular formula is C27H42O4. The Bertz CT molecular complexity index is 646.